The molecule has 3 heteroatoms. The predicted octanol–water partition coefficient (Wildman–Crippen LogP) is 1.44. The number of aromatic amines is 1. The average molecular weight is 165 g/mol. The number of hydrogen-bond acceptors (Lipinski definition) is 2. The average Bonchev–Trinajstić information content (AvgIpc) is 2.74. The van der Waals surface area contributed by atoms with Crippen LogP contribution in [-0.2, 0) is 6.54 Å². The lowest BCUT2D eigenvalue weighted by Gasteiger charge is -2.09. The number of aromatic nitrogens is 2. The fourth-order valence-electron chi connectivity index (χ4n) is 1.77. The van der Waals surface area contributed by atoms with Gasteiger partial charge < -0.3 is 5.32 Å². The fraction of sp³-hybridized carbons (Fsp3) is 0.667. The zero-order valence-electron chi connectivity index (χ0n) is 7.21. The lowest BCUT2D eigenvalue weighted by atomic mass is 10.2. The molecule has 0 spiro atoms. The normalized spacial score (nSPS) is 18.7. The molecule has 0 unspecified atom stereocenters. The first-order chi connectivity index (χ1) is 5.95. The van der Waals surface area contributed by atoms with Gasteiger partial charge in [-0.1, -0.05) is 12.8 Å². The Morgan fingerprint density at radius 1 is 1.50 bits per heavy atom. The molecule has 0 radical (unpaired) electrons. The van der Waals surface area contributed by atoms with Gasteiger partial charge in [0, 0.05) is 24.3 Å². The van der Waals surface area contributed by atoms with E-state index >= 15 is 0 Å². The summed E-state index contributed by atoms with van der Waals surface area (Å²) in [7, 11) is 0. The van der Waals surface area contributed by atoms with E-state index in [2.05, 4.69) is 15.5 Å². The van der Waals surface area contributed by atoms with Crippen molar-refractivity contribution < 1.29 is 0 Å². The van der Waals surface area contributed by atoms with Crippen molar-refractivity contribution in [2.45, 2.75) is 38.3 Å². The van der Waals surface area contributed by atoms with Gasteiger partial charge in [-0.25, -0.2) is 0 Å². The standard InChI is InChI=1S/C9H15N3/c1-2-4-9(3-1)10-5-8-6-11-12-7-8/h6-7,9-10H,1-5H2,(H,11,12). The topological polar surface area (TPSA) is 40.7 Å². The zero-order valence-corrected chi connectivity index (χ0v) is 7.21. The van der Waals surface area contributed by atoms with Crippen LogP contribution in [-0.4, -0.2) is 16.2 Å². The van der Waals surface area contributed by atoms with E-state index < -0.39 is 0 Å². The minimum Gasteiger partial charge on any atom is -0.310 e. The molecule has 0 aromatic carbocycles. The third kappa shape index (κ3) is 1.85. The molecule has 3 nitrogen and oxygen atoms in total. The maximum atomic E-state index is 3.90. The third-order valence-corrected chi connectivity index (χ3v) is 2.50. The van der Waals surface area contributed by atoms with E-state index in [0.717, 1.165) is 12.6 Å². The molecule has 1 aliphatic carbocycles. The van der Waals surface area contributed by atoms with Crippen molar-refractivity contribution in [2.75, 3.05) is 0 Å². The molecular formula is C9H15N3. The van der Waals surface area contributed by atoms with E-state index in [1.807, 2.05) is 12.4 Å². The monoisotopic (exact) mass is 165 g/mol. The van der Waals surface area contributed by atoms with Gasteiger partial charge in [0.1, 0.15) is 0 Å². The summed E-state index contributed by atoms with van der Waals surface area (Å²) in [6.07, 6.45) is 9.30. The Balaban J connectivity index is 1.74. The smallest absolute Gasteiger partial charge is 0.0532 e. The van der Waals surface area contributed by atoms with Crippen molar-refractivity contribution in [1.82, 2.24) is 15.5 Å². The molecule has 1 aromatic rings. The number of nitrogens with one attached hydrogen (secondary N) is 2. The third-order valence-electron chi connectivity index (χ3n) is 2.50. The summed E-state index contributed by atoms with van der Waals surface area (Å²) in [6, 6.07) is 0.750. The summed E-state index contributed by atoms with van der Waals surface area (Å²) < 4.78 is 0. The molecule has 0 bridgehead atoms. The molecule has 66 valence electrons. The van der Waals surface area contributed by atoms with Gasteiger partial charge >= 0.3 is 0 Å². The molecule has 0 aliphatic heterocycles. The summed E-state index contributed by atoms with van der Waals surface area (Å²) in [5.74, 6) is 0. The van der Waals surface area contributed by atoms with Crippen LogP contribution >= 0.6 is 0 Å². The van der Waals surface area contributed by atoms with Crippen LogP contribution in [0.3, 0.4) is 0 Å². The van der Waals surface area contributed by atoms with Crippen molar-refractivity contribution in [1.29, 1.82) is 0 Å². The van der Waals surface area contributed by atoms with Crippen LogP contribution in [0.2, 0.25) is 0 Å². The Morgan fingerprint density at radius 2 is 2.33 bits per heavy atom. The van der Waals surface area contributed by atoms with Crippen molar-refractivity contribution >= 4 is 0 Å². The van der Waals surface area contributed by atoms with Gasteiger partial charge in [0.25, 0.3) is 0 Å². The fourth-order valence-corrected chi connectivity index (χ4v) is 1.77. The minimum atomic E-state index is 0.750. The quantitative estimate of drug-likeness (QED) is 0.711. The first-order valence-corrected chi connectivity index (χ1v) is 4.66. The van der Waals surface area contributed by atoms with Crippen molar-refractivity contribution in [3.63, 3.8) is 0 Å². The van der Waals surface area contributed by atoms with Gasteiger partial charge in [-0.3, -0.25) is 5.10 Å². The number of hydrogen-bond donors (Lipinski definition) is 2. The summed E-state index contributed by atoms with van der Waals surface area (Å²) in [5.41, 5.74) is 1.25. The van der Waals surface area contributed by atoms with Crippen LogP contribution in [0.1, 0.15) is 31.2 Å². The Kier molecular flexibility index (Phi) is 2.42. The molecule has 0 amide bonds. The van der Waals surface area contributed by atoms with Crippen LogP contribution in [0, 0.1) is 0 Å². The Bertz CT molecular complexity index is 212. The van der Waals surface area contributed by atoms with E-state index in [1.165, 1.54) is 31.2 Å². The van der Waals surface area contributed by atoms with Gasteiger partial charge in [0.15, 0.2) is 0 Å². The first-order valence-electron chi connectivity index (χ1n) is 4.66. The SMILES string of the molecule is c1n[nH]cc1CNC1CCCC1. The first kappa shape index (κ1) is 7.80. The number of rotatable bonds is 3. The van der Waals surface area contributed by atoms with E-state index in [0.29, 0.717) is 0 Å². The molecule has 2 N–H and O–H groups in total. The molecule has 2 rings (SSSR count). The second-order valence-electron chi connectivity index (χ2n) is 3.47. The van der Waals surface area contributed by atoms with Gasteiger partial charge in [-0.15, -0.1) is 0 Å². The summed E-state index contributed by atoms with van der Waals surface area (Å²) in [5, 5.41) is 10.2. The predicted molar refractivity (Wildman–Crippen MR) is 47.7 cm³/mol. The maximum absolute atomic E-state index is 3.90. The molecule has 1 heterocycles. The minimum absolute atomic E-state index is 0.750. The second kappa shape index (κ2) is 3.72. The van der Waals surface area contributed by atoms with E-state index in [1.54, 1.807) is 0 Å². The second-order valence-corrected chi connectivity index (χ2v) is 3.47. The Morgan fingerprint density at radius 3 is 3.00 bits per heavy atom. The molecular weight excluding hydrogens is 150 g/mol. The summed E-state index contributed by atoms with van der Waals surface area (Å²) in [6.45, 7) is 0.959. The lowest BCUT2D eigenvalue weighted by Crippen LogP contribution is -2.24. The maximum Gasteiger partial charge on any atom is 0.0532 e. The highest BCUT2D eigenvalue weighted by atomic mass is 15.1. The number of H-pyrrole nitrogens is 1. The van der Waals surface area contributed by atoms with Crippen molar-refractivity contribution in [3.8, 4) is 0 Å². The Labute approximate surface area is 72.6 Å². The largest absolute Gasteiger partial charge is 0.310 e. The van der Waals surface area contributed by atoms with Crippen molar-refractivity contribution in [3.05, 3.63) is 18.0 Å². The van der Waals surface area contributed by atoms with Crippen LogP contribution < -0.4 is 5.32 Å². The van der Waals surface area contributed by atoms with Crippen LogP contribution in [0.25, 0.3) is 0 Å². The van der Waals surface area contributed by atoms with E-state index in [9.17, 15) is 0 Å². The molecule has 1 aliphatic rings. The Hall–Kier alpha value is -0.830. The highest BCUT2D eigenvalue weighted by Crippen LogP contribution is 2.17. The zero-order chi connectivity index (χ0) is 8.23. The summed E-state index contributed by atoms with van der Waals surface area (Å²) in [4.78, 5) is 0. The van der Waals surface area contributed by atoms with Gasteiger partial charge in [0.2, 0.25) is 0 Å². The molecule has 12 heavy (non-hydrogen) atoms. The molecule has 1 saturated carbocycles. The molecule has 1 aromatic heterocycles. The summed E-state index contributed by atoms with van der Waals surface area (Å²) >= 11 is 0. The highest BCUT2D eigenvalue weighted by Gasteiger charge is 2.13. The van der Waals surface area contributed by atoms with Crippen LogP contribution in [0.4, 0.5) is 0 Å². The number of nitrogens with zero attached hydrogens (tertiary/aromatic N) is 1. The van der Waals surface area contributed by atoms with Crippen LogP contribution in [0.15, 0.2) is 12.4 Å². The lowest BCUT2D eigenvalue weighted by molar-refractivity contribution is 0.524. The van der Waals surface area contributed by atoms with Gasteiger partial charge in [-0.2, -0.15) is 5.10 Å². The van der Waals surface area contributed by atoms with Gasteiger partial charge in [0.05, 0.1) is 6.20 Å². The van der Waals surface area contributed by atoms with Crippen LogP contribution in [0.5, 0.6) is 0 Å². The molecule has 0 atom stereocenters. The molecule has 0 saturated heterocycles. The van der Waals surface area contributed by atoms with Crippen molar-refractivity contribution in [2.24, 2.45) is 0 Å². The van der Waals surface area contributed by atoms with E-state index in [4.69, 9.17) is 0 Å². The highest BCUT2D eigenvalue weighted by molar-refractivity contribution is 5.01. The van der Waals surface area contributed by atoms with E-state index in [-0.39, 0.29) is 0 Å². The molecule has 1 fully saturated rings. The van der Waals surface area contributed by atoms with Gasteiger partial charge in [-0.05, 0) is 12.8 Å².